The number of carbonyl (C=O) groups is 2. The van der Waals surface area contributed by atoms with Crippen molar-refractivity contribution < 1.29 is 9.59 Å². The number of nitrogens with one attached hydrogen (secondary N) is 2. The third-order valence-electron chi connectivity index (χ3n) is 7.22. The van der Waals surface area contributed by atoms with Gasteiger partial charge in [0.15, 0.2) is 0 Å². The van der Waals surface area contributed by atoms with Gasteiger partial charge in [-0.1, -0.05) is 32.9 Å². The van der Waals surface area contributed by atoms with E-state index in [1.165, 1.54) is 24.8 Å². The summed E-state index contributed by atoms with van der Waals surface area (Å²) in [4.78, 5) is 25.1. The van der Waals surface area contributed by atoms with E-state index in [-0.39, 0.29) is 29.2 Å². The number of rotatable bonds is 5. The molecule has 0 radical (unpaired) electrons. The molecule has 0 atom stereocenters. The maximum absolute atomic E-state index is 12.7. The fourth-order valence-corrected chi connectivity index (χ4v) is 6.21. The summed E-state index contributed by atoms with van der Waals surface area (Å²) in [5, 5.41) is 7.52. The molecule has 5 rings (SSSR count). The number of hydrazone groups is 1. The number of amides is 2. The average molecular weight is 410 g/mol. The molecule has 4 saturated carbocycles. The molecule has 5 nitrogen and oxygen atoms in total. The first-order valence-electron chi connectivity index (χ1n) is 11.4. The third kappa shape index (κ3) is 4.60. The molecule has 162 valence electrons. The van der Waals surface area contributed by atoms with Gasteiger partial charge in [-0.05, 0) is 86.3 Å². The third-order valence-corrected chi connectivity index (χ3v) is 7.22. The molecule has 5 heteroatoms. The van der Waals surface area contributed by atoms with Crippen LogP contribution in [0, 0.1) is 17.8 Å². The van der Waals surface area contributed by atoms with E-state index in [4.69, 9.17) is 0 Å². The maximum atomic E-state index is 12.7. The van der Waals surface area contributed by atoms with E-state index in [9.17, 15) is 9.59 Å². The Morgan fingerprint density at radius 3 is 2.03 bits per heavy atom. The van der Waals surface area contributed by atoms with Crippen LogP contribution in [0.3, 0.4) is 0 Å². The fourth-order valence-electron chi connectivity index (χ4n) is 6.21. The van der Waals surface area contributed by atoms with Gasteiger partial charge in [-0.15, -0.1) is 0 Å². The summed E-state index contributed by atoms with van der Waals surface area (Å²) in [6, 6.07) is 7.59. The zero-order valence-electron chi connectivity index (χ0n) is 18.8. The highest BCUT2D eigenvalue weighted by Gasteiger charge is 2.51. The van der Waals surface area contributed by atoms with Gasteiger partial charge < -0.3 is 5.32 Å². The van der Waals surface area contributed by atoms with Gasteiger partial charge in [-0.2, -0.15) is 5.10 Å². The number of carbonyl (C=O) groups excluding carboxylic acids is 2. The normalized spacial score (nSPS) is 30.3. The summed E-state index contributed by atoms with van der Waals surface area (Å²) >= 11 is 0. The van der Waals surface area contributed by atoms with E-state index >= 15 is 0 Å². The van der Waals surface area contributed by atoms with Crippen molar-refractivity contribution in [2.45, 2.75) is 83.6 Å². The van der Waals surface area contributed by atoms with Crippen molar-refractivity contribution >= 4 is 17.5 Å². The molecule has 4 aliphatic carbocycles. The molecule has 4 aliphatic rings. The molecule has 0 heterocycles. The molecule has 0 spiro atoms. The van der Waals surface area contributed by atoms with Crippen LogP contribution in [-0.2, 0) is 10.2 Å². The summed E-state index contributed by atoms with van der Waals surface area (Å²) in [5.41, 5.74) is 5.03. The van der Waals surface area contributed by atoms with Crippen LogP contribution in [-0.4, -0.2) is 23.1 Å². The van der Waals surface area contributed by atoms with E-state index in [1.807, 2.05) is 24.3 Å². The van der Waals surface area contributed by atoms with Crippen LogP contribution in [0.15, 0.2) is 29.4 Å². The molecule has 0 unspecified atom stereocenters. The van der Waals surface area contributed by atoms with Crippen LogP contribution in [0.2, 0.25) is 0 Å². The second-order valence-corrected chi connectivity index (χ2v) is 11.0. The van der Waals surface area contributed by atoms with Crippen LogP contribution in [0.5, 0.6) is 0 Å². The minimum absolute atomic E-state index is 0.0180. The molecule has 2 amide bonds. The SMILES string of the molecule is C/C(CC(=O)NC12CC3CC(CC(C3)C1)C2)=N\NC(=O)c1ccc(C(C)(C)C)cc1. The molecule has 0 saturated heterocycles. The first-order chi connectivity index (χ1) is 14.1. The van der Waals surface area contributed by atoms with Crippen molar-refractivity contribution in [1.29, 1.82) is 0 Å². The Morgan fingerprint density at radius 2 is 1.53 bits per heavy atom. The molecule has 4 bridgehead atoms. The predicted octanol–water partition coefficient (Wildman–Crippen LogP) is 4.56. The topological polar surface area (TPSA) is 70.6 Å². The summed E-state index contributed by atoms with van der Waals surface area (Å²) in [7, 11) is 0. The van der Waals surface area contributed by atoms with Crippen molar-refractivity contribution in [2.24, 2.45) is 22.9 Å². The molecule has 1 aromatic carbocycles. The lowest BCUT2D eigenvalue weighted by Gasteiger charge is -2.56. The van der Waals surface area contributed by atoms with Gasteiger partial charge in [0.05, 0.1) is 6.42 Å². The average Bonchev–Trinajstić information content (AvgIpc) is 2.63. The molecule has 1 aromatic rings. The van der Waals surface area contributed by atoms with E-state index in [1.54, 1.807) is 6.92 Å². The van der Waals surface area contributed by atoms with Gasteiger partial charge in [-0.25, -0.2) is 5.43 Å². The highest BCUT2D eigenvalue weighted by Crippen LogP contribution is 2.55. The summed E-state index contributed by atoms with van der Waals surface area (Å²) in [6.07, 6.45) is 7.73. The minimum atomic E-state index is -0.253. The van der Waals surface area contributed by atoms with Crippen LogP contribution >= 0.6 is 0 Å². The van der Waals surface area contributed by atoms with E-state index < -0.39 is 0 Å². The first-order valence-corrected chi connectivity index (χ1v) is 11.4. The number of hydrogen-bond donors (Lipinski definition) is 2. The highest BCUT2D eigenvalue weighted by molar-refractivity contribution is 6.01. The molecule has 0 aliphatic heterocycles. The summed E-state index contributed by atoms with van der Waals surface area (Å²) in [6.45, 7) is 8.22. The second-order valence-electron chi connectivity index (χ2n) is 11.0. The maximum Gasteiger partial charge on any atom is 0.271 e. The van der Waals surface area contributed by atoms with Gasteiger partial charge >= 0.3 is 0 Å². The van der Waals surface area contributed by atoms with E-state index in [0.717, 1.165) is 37.0 Å². The first kappa shape index (κ1) is 21.1. The van der Waals surface area contributed by atoms with Crippen molar-refractivity contribution in [2.75, 3.05) is 0 Å². The fraction of sp³-hybridized carbons (Fsp3) is 0.640. The lowest BCUT2D eigenvalue weighted by molar-refractivity contribution is -0.125. The second kappa shape index (κ2) is 7.82. The van der Waals surface area contributed by atoms with Gasteiger partial charge in [0.1, 0.15) is 0 Å². The Bertz CT molecular complexity index is 813. The predicted molar refractivity (Wildman–Crippen MR) is 119 cm³/mol. The zero-order valence-corrected chi connectivity index (χ0v) is 18.8. The Kier molecular flexibility index (Phi) is 5.50. The lowest BCUT2D eigenvalue weighted by atomic mass is 9.53. The molecule has 4 fully saturated rings. The lowest BCUT2D eigenvalue weighted by Crippen LogP contribution is -2.60. The summed E-state index contributed by atoms with van der Waals surface area (Å²) < 4.78 is 0. The largest absolute Gasteiger partial charge is 0.350 e. The number of nitrogens with zero attached hydrogens (tertiary/aromatic N) is 1. The molecule has 2 N–H and O–H groups in total. The molecule has 30 heavy (non-hydrogen) atoms. The number of hydrogen-bond acceptors (Lipinski definition) is 3. The van der Waals surface area contributed by atoms with E-state index in [0.29, 0.717) is 11.3 Å². The van der Waals surface area contributed by atoms with Crippen LogP contribution in [0.25, 0.3) is 0 Å². The van der Waals surface area contributed by atoms with Crippen molar-refractivity contribution in [3.05, 3.63) is 35.4 Å². The van der Waals surface area contributed by atoms with Crippen molar-refractivity contribution in [3.8, 4) is 0 Å². The van der Waals surface area contributed by atoms with Crippen LogP contribution in [0.4, 0.5) is 0 Å². The molecular weight excluding hydrogens is 374 g/mol. The molecular formula is C25H35N3O2. The molecule has 0 aromatic heterocycles. The van der Waals surface area contributed by atoms with Gasteiger partial charge in [0.2, 0.25) is 5.91 Å². The van der Waals surface area contributed by atoms with Crippen LogP contribution in [0.1, 0.15) is 88.6 Å². The summed E-state index contributed by atoms with van der Waals surface area (Å²) in [5.74, 6) is 2.18. The Balaban J connectivity index is 1.30. The van der Waals surface area contributed by atoms with Crippen molar-refractivity contribution in [1.82, 2.24) is 10.7 Å². The van der Waals surface area contributed by atoms with Gasteiger partial charge in [-0.3, -0.25) is 9.59 Å². The van der Waals surface area contributed by atoms with E-state index in [2.05, 4.69) is 36.6 Å². The quantitative estimate of drug-likeness (QED) is 0.553. The van der Waals surface area contributed by atoms with Gasteiger partial charge in [0, 0.05) is 16.8 Å². The van der Waals surface area contributed by atoms with Gasteiger partial charge in [0.25, 0.3) is 5.91 Å². The monoisotopic (exact) mass is 409 g/mol. The highest BCUT2D eigenvalue weighted by atomic mass is 16.2. The standard InChI is InChI=1S/C25H35N3O2/c1-16(27-28-23(30)20-5-7-21(8-6-20)24(2,3)4)9-22(29)26-25-13-17-10-18(14-25)12-19(11-17)15-25/h5-8,17-19H,9-15H2,1-4H3,(H,26,29)(H,28,30)/b27-16+. The van der Waals surface area contributed by atoms with Crippen molar-refractivity contribution in [3.63, 3.8) is 0 Å². The smallest absolute Gasteiger partial charge is 0.271 e. The minimum Gasteiger partial charge on any atom is -0.350 e. The number of benzene rings is 1. The van der Waals surface area contributed by atoms with Crippen LogP contribution < -0.4 is 10.7 Å². The Hall–Kier alpha value is -2.17. The zero-order chi connectivity index (χ0) is 21.5. The Labute approximate surface area is 180 Å². The Morgan fingerprint density at radius 1 is 1.00 bits per heavy atom.